The fourth-order valence-corrected chi connectivity index (χ4v) is 4.85. The lowest BCUT2D eigenvalue weighted by molar-refractivity contribution is -0.320. The topological polar surface area (TPSA) is 18.5 Å². The van der Waals surface area contributed by atoms with Gasteiger partial charge in [0.15, 0.2) is 0 Å². The molecule has 0 saturated heterocycles. The Balaban J connectivity index is 3.80. The Morgan fingerprint density at radius 2 is 1.11 bits per heavy atom. The molecule has 0 aromatic heterocycles. The van der Waals surface area contributed by atoms with Gasteiger partial charge in [0.2, 0.25) is 0 Å². The van der Waals surface area contributed by atoms with Gasteiger partial charge in [-0.1, -0.05) is 111 Å². The maximum absolute atomic E-state index is 5.65. The van der Waals surface area contributed by atoms with E-state index in [1.807, 2.05) is 0 Å². The summed E-state index contributed by atoms with van der Waals surface area (Å²) in [5, 5.41) is 0.581. The molecule has 0 aliphatic carbocycles. The summed E-state index contributed by atoms with van der Waals surface area (Å²) in [6.45, 7) is 9.60. The lowest BCUT2D eigenvalue weighted by Crippen LogP contribution is -2.24. The number of thioether (sulfide) groups is 1. The largest absolute Gasteiger partial charge is 0.236 e. The van der Waals surface area contributed by atoms with Crippen LogP contribution in [0.2, 0.25) is 0 Å². The molecule has 0 saturated carbocycles. The number of hydrogen-bond acceptors (Lipinski definition) is 3. The van der Waals surface area contributed by atoms with E-state index >= 15 is 0 Å². The van der Waals surface area contributed by atoms with Crippen molar-refractivity contribution in [2.75, 3.05) is 12.4 Å². The first kappa shape index (κ1) is 28.3. The Hall–Kier alpha value is 0.270. The monoisotopic (exact) mass is 416 g/mol. The quantitative estimate of drug-likeness (QED) is 0.0939. The molecule has 0 aliphatic heterocycles. The van der Waals surface area contributed by atoms with Crippen molar-refractivity contribution in [3.05, 3.63) is 0 Å². The van der Waals surface area contributed by atoms with Crippen LogP contribution in [0.25, 0.3) is 0 Å². The van der Waals surface area contributed by atoms with Gasteiger partial charge < -0.3 is 0 Å². The molecule has 170 valence electrons. The minimum absolute atomic E-state index is 0.200. The van der Waals surface area contributed by atoms with Crippen LogP contribution in [-0.4, -0.2) is 23.7 Å². The maximum atomic E-state index is 5.65. The average molecular weight is 417 g/mol. The van der Waals surface area contributed by atoms with Crippen molar-refractivity contribution >= 4 is 11.8 Å². The average Bonchev–Trinajstić information content (AvgIpc) is 2.70. The lowest BCUT2D eigenvalue weighted by Gasteiger charge is -2.23. The zero-order chi connectivity index (χ0) is 20.7. The van der Waals surface area contributed by atoms with E-state index in [1.54, 1.807) is 0 Å². The Labute approximate surface area is 182 Å². The van der Waals surface area contributed by atoms with Crippen LogP contribution in [0.3, 0.4) is 0 Å². The van der Waals surface area contributed by atoms with Gasteiger partial charge in [0.25, 0.3) is 0 Å². The molecule has 0 bridgehead atoms. The summed E-state index contributed by atoms with van der Waals surface area (Å²) in [5.74, 6) is 1.28. The second-order valence-electron chi connectivity index (χ2n) is 8.42. The number of hydrogen-bond donors (Lipinski definition) is 0. The predicted octanol–water partition coefficient (Wildman–Crippen LogP) is 9.12. The van der Waals surface area contributed by atoms with Crippen molar-refractivity contribution in [2.45, 2.75) is 148 Å². The Morgan fingerprint density at radius 3 is 1.64 bits per heavy atom. The molecule has 2 unspecified atom stereocenters. The minimum atomic E-state index is 0.200. The van der Waals surface area contributed by atoms with E-state index in [4.69, 9.17) is 9.78 Å². The molecule has 0 heterocycles. The molecule has 3 heteroatoms. The molecular formula is C25H52O2S. The van der Waals surface area contributed by atoms with Crippen molar-refractivity contribution in [3.8, 4) is 0 Å². The highest BCUT2D eigenvalue weighted by molar-refractivity contribution is 7.99. The number of rotatable bonds is 23. The molecule has 2 nitrogen and oxygen atoms in total. The van der Waals surface area contributed by atoms with Crippen molar-refractivity contribution in [2.24, 2.45) is 0 Å². The highest BCUT2D eigenvalue weighted by atomic mass is 32.2. The van der Waals surface area contributed by atoms with Gasteiger partial charge >= 0.3 is 0 Å². The molecule has 0 aliphatic rings. The van der Waals surface area contributed by atoms with E-state index in [-0.39, 0.29) is 6.10 Å². The zero-order valence-electron chi connectivity index (χ0n) is 19.8. The summed E-state index contributed by atoms with van der Waals surface area (Å²) in [6.07, 6.45) is 23.4. The van der Waals surface area contributed by atoms with Crippen LogP contribution in [-0.2, 0) is 9.78 Å². The molecular weight excluding hydrogens is 364 g/mol. The Bertz CT molecular complexity index is 286. The summed E-state index contributed by atoms with van der Waals surface area (Å²) in [5.41, 5.74) is 0. The van der Waals surface area contributed by atoms with Crippen LogP contribution in [0.1, 0.15) is 137 Å². The summed E-state index contributed by atoms with van der Waals surface area (Å²) in [7, 11) is 0. The van der Waals surface area contributed by atoms with Crippen molar-refractivity contribution in [1.29, 1.82) is 0 Å². The molecule has 0 rings (SSSR count). The van der Waals surface area contributed by atoms with Gasteiger partial charge in [-0.15, -0.1) is 0 Å². The third-order valence-electron chi connectivity index (χ3n) is 5.45. The summed E-state index contributed by atoms with van der Waals surface area (Å²) >= 11 is 2.12. The summed E-state index contributed by atoms with van der Waals surface area (Å²) < 4.78 is 0. The SMILES string of the molecule is CCCCCCCCCCCCSC(CCCCCCC)C(C)OOCCC. The summed E-state index contributed by atoms with van der Waals surface area (Å²) in [4.78, 5) is 11.0. The summed E-state index contributed by atoms with van der Waals surface area (Å²) in [6, 6.07) is 0. The molecule has 0 aromatic rings. The van der Waals surface area contributed by atoms with E-state index in [1.165, 1.54) is 108 Å². The first-order valence-corrected chi connectivity index (χ1v) is 13.7. The van der Waals surface area contributed by atoms with Crippen molar-refractivity contribution in [3.63, 3.8) is 0 Å². The standard InChI is InChI=1S/C25H52O2S/c1-5-8-10-12-13-14-15-16-18-20-23-28-25(21-19-17-11-9-6-2)24(4)27-26-22-7-3/h24-25H,5-23H2,1-4H3. The molecule has 0 radical (unpaired) electrons. The van der Waals surface area contributed by atoms with Crippen LogP contribution in [0.15, 0.2) is 0 Å². The fraction of sp³-hybridized carbons (Fsp3) is 1.00. The third kappa shape index (κ3) is 19.6. The van der Waals surface area contributed by atoms with Crippen LogP contribution < -0.4 is 0 Å². The molecule has 0 spiro atoms. The van der Waals surface area contributed by atoms with Gasteiger partial charge in [0, 0.05) is 5.25 Å². The van der Waals surface area contributed by atoms with E-state index in [9.17, 15) is 0 Å². The molecule has 28 heavy (non-hydrogen) atoms. The van der Waals surface area contributed by atoms with Crippen LogP contribution in [0.5, 0.6) is 0 Å². The van der Waals surface area contributed by atoms with Gasteiger partial charge in [0.1, 0.15) is 6.10 Å². The Morgan fingerprint density at radius 1 is 0.607 bits per heavy atom. The lowest BCUT2D eigenvalue weighted by atomic mass is 10.1. The molecule has 0 amide bonds. The van der Waals surface area contributed by atoms with Gasteiger partial charge in [-0.05, 0) is 31.9 Å². The van der Waals surface area contributed by atoms with Gasteiger partial charge in [-0.25, -0.2) is 9.78 Å². The third-order valence-corrected chi connectivity index (χ3v) is 7.02. The van der Waals surface area contributed by atoms with Gasteiger partial charge in [0.05, 0.1) is 6.61 Å². The number of unbranched alkanes of at least 4 members (excludes halogenated alkanes) is 13. The van der Waals surface area contributed by atoms with E-state index < -0.39 is 0 Å². The smallest absolute Gasteiger partial charge is 0.102 e. The highest BCUT2D eigenvalue weighted by Gasteiger charge is 2.19. The van der Waals surface area contributed by atoms with E-state index in [2.05, 4.69) is 39.5 Å². The zero-order valence-corrected chi connectivity index (χ0v) is 20.6. The van der Waals surface area contributed by atoms with Gasteiger partial charge in [-0.2, -0.15) is 11.8 Å². The van der Waals surface area contributed by atoms with Crippen LogP contribution in [0, 0.1) is 0 Å². The molecule has 2 atom stereocenters. The van der Waals surface area contributed by atoms with Crippen molar-refractivity contribution in [1.82, 2.24) is 0 Å². The van der Waals surface area contributed by atoms with Crippen molar-refractivity contribution < 1.29 is 9.78 Å². The Kier molecular flexibility index (Phi) is 23.8. The van der Waals surface area contributed by atoms with Crippen LogP contribution in [0.4, 0.5) is 0 Å². The second kappa shape index (κ2) is 23.5. The molecule has 0 fully saturated rings. The van der Waals surface area contributed by atoms with E-state index in [0.717, 1.165) is 6.42 Å². The highest BCUT2D eigenvalue weighted by Crippen LogP contribution is 2.25. The fourth-order valence-electron chi connectivity index (χ4n) is 3.53. The first-order chi connectivity index (χ1) is 13.8. The maximum Gasteiger partial charge on any atom is 0.102 e. The predicted molar refractivity (Wildman–Crippen MR) is 128 cm³/mol. The molecule has 0 N–H and O–H groups in total. The molecule has 0 aromatic carbocycles. The van der Waals surface area contributed by atoms with Gasteiger partial charge in [-0.3, -0.25) is 0 Å². The van der Waals surface area contributed by atoms with E-state index in [0.29, 0.717) is 11.9 Å². The minimum Gasteiger partial charge on any atom is -0.236 e. The normalized spacial score (nSPS) is 13.7. The van der Waals surface area contributed by atoms with Crippen LogP contribution >= 0.6 is 11.8 Å². The second-order valence-corrected chi connectivity index (χ2v) is 9.76. The first-order valence-electron chi connectivity index (χ1n) is 12.7.